The molecule has 2 aromatic heterocycles. The summed E-state index contributed by atoms with van der Waals surface area (Å²) in [5, 5.41) is 57.9. The molecule has 121 heavy (non-hydrogen) atoms. The van der Waals surface area contributed by atoms with Crippen LogP contribution in [0, 0.1) is 63.5 Å². The summed E-state index contributed by atoms with van der Waals surface area (Å²) in [7, 11) is 0. The van der Waals surface area contributed by atoms with Gasteiger partial charge in [-0.3, -0.25) is 0 Å². The molecule has 24 heteroatoms. The summed E-state index contributed by atoms with van der Waals surface area (Å²) < 4.78 is 44.5. The molecule has 0 fully saturated rings. The third-order valence-electron chi connectivity index (χ3n) is 21.7. The Labute approximate surface area is 762 Å². The van der Waals surface area contributed by atoms with Gasteiger partial charge in [-0.05, 0) is 99.2 Å². The Morgan fingerprint density at radius 2 is 0.628 bits per heavy atom. The molecule has 0 atom stereocenters. The number of anilines is 2. The van der Waals surface area contributed by atoms with Crippen LogP contribution in [0.1, 0.15) is 336 Å². The van der Waals surface area contributed by atoms with Gasteiger partial charge in [-0.2, -0.15) is 10.5 Å². The van der Waals surface area contributed by atoms with Crippen LogP contribution in [-0.4, -0.2) is 150 Å². The number of aliphatic hydroxyl groups excluding tert-OH is 1. The molecule has 4 rings (SSSR count). The molecule has 4 aromatic rings. The number of nitrogens with zero attached hydrogens (tertiary/aromatic N) is 10. The molecule has 0 aliphatic rings. The first-order valence-electron chi connectivity index (χ1n) is 46.8. The van der Waals surface area contributed by atoms with E-state index in [1.54, 1.807) is 13.8 Å². The van der Waals surface area contributed by atoms with E-state index in [0.717, 1.165) is 72.9 Å². The number of aliphatic carboxylic acids is 1. The smallest absolute Gasteiger partial charge is 0.550 e. The predicted octanol–water partition coefficient (Wildman–Crippen LogP) is 23.5. The SMILES string of the molecule is [C-]#[N+]c1sc(N=Nc2ccc(N(CCCCCCCCCCCCCCCCCCCCCCCC)CCOCCOCCOCCOCCC(=O)[O-])cc2C)c(C#N)c1C.[C-]#[N+]c1sc(N=Nc2ccc(N(CCCCCCCCCCCCCCCCCCCCCCCC)CCOCCOCCOCCOCCO)cc2C)c(C#N)c1C.[Na+]. The normalized spacial score (nSPS) is 11.3. The third-order valence-corrected chi connectivity index (χ3v) is 23.9. The molecular weight excluding hydrogens is 1570 g/mol. The minimum Gasteiger partial charge on any atom is -0.550 e. The van der Waals surface area contributed by atoms with Gasteiger partial charge in [0.2, 0.25) is 10.0 Å². The van der Waals surface area contributed by atoms with Gasteiger partial charge in [-0.15, -0.1) is 43.1 Å². The van der Waals surface area contributed by atoms with E-state index >= 15 is 0 Å². The topological polar surface area (TPSA) is 246 Å². The monoisotopic (exact) mass is 1730 g/mol. The summed E-state index contributed by atoms with van der Waals surface area (Å²) in [5.74, 6) is -1.12. The molecule has 2 aromatic carbocycles. The molecule has 0 spiro atoms. The van der Waals surface area contributed by atoms with Gasteiger partial charge in [0.15, 0.2) is 0 Å². The fourth-order valence-corrected chi connectivity index (χ4v) is 16.1. The molecule has 0 unspecified atom stereocenters. The molecule has 0 radical (unpaired) electrons. The number of aliphatic hydroxyl groups is 1. The predicted molar refractivity (Wildman–Crippen MR) is 493 cm³/mol. The number of rotatable bonds is 81. The number of hydrogen-bond acceptors (Lipinski definition) is 21. The Hall–Kier alpha value is -5.29. The second-order valence-electron chi connectivity index (χ2n) is 31.8. The van der Waals surface area contributed by atoms with Crippen molar-refractivity contribution in [2.24, 2.45) is 20.5 Å². The number of nitriles is 2. The molecule has 674 valence electrons. The van der Waals surface area contributed by atoms with Crippen molar-refractivity contribution in [2.45, 2.75) is 330 Å². The number of carbonyl (C=O) groups excluding carboxylic acids is 1. The number of hydrogen-bond donors (Lipinski definition) is 1. The van der Waals surface area contributed by atoms with Crippen molar-refractivity contribution >= 4 is 71.4 Å². The van der Waals surface area contributed by atoms with Crippen molar-refractivity contribution in [1.29, 1.82) is 10.5 Å². The van der Waals surface area contributed by atoms with Gasteiger partial charge in [0, 0.05) is 49.9 Å². The average molecular weight is 1730 g/mol. The first-order chi connectivity index (χ1) is 59.0. The van der Waals surface area contributed by atoms with Crippen LogP contribution < -0.4 is 44.5 Å². The van der Waals surface area contributed by atoms with E-state index in [0.29, 0.717) is 141 Å². The van der Waals surface area contributed by atoms with E-state index in [9.17, 15) is 20.4 Å². The molecule has 0 saturated heterocycles. The number of carboxylic acid groups (broad SMARTS) is 1. The number of ether oxygens (including phenoxy) is 8. The van der Waals surface area contributed by atoms with Crippen LogP contribution in [0.4, 0.5) is 42.8 Å². The Kier molecular flexibility index (Phi) is 74.4. The van der Waals surface area contributed by atoms with Crippen molar-refractivity contribution in [3.8, 4) is 12.1 Å². The zero-order valence-electron chi connectivity index (χ0n) is 76.5. The summed E-state index contributed by atoms with van der Waals surface area (Å²) in [6.07, 6.45) is 60.6. The van der Waals surface area contributed by atoms with Crippen molar-refractivity contribution in [3.63, 3.8) is 0 Å². The standard InChI is InChI=1S/C49H79N5O6S.C48H79N5O5S.Na/c1-5-6-7-8-9-10-11-12-13-14-15-16-17-18-19-20-21-22-23-24-25-26-30-54(31-33-58-35-37-60-39-38-59-36-34-57-32-29-47(55)56)44-27-28-46(42(2)40-44)52-53-49-45(41-50)43(3)48(51-4)61-49;1-5-6-7-8-9-10-11-12-13-14-15-16-17-18-19-20-21-22-23-24-25-26-29-53(30-32-55-34-36-57-38-39-58-37-35-56-33-31-54)44-27-28-46(42(2)40-44)51-52-48-45(41-49)43(3)47(50-4)59-48;/h27-28,40H,5-26,29-39H2,1-3H3,(H,55,56);27-28,40,54H,5-26,29-39H2,1-3H3;/q;;+1/p-1. The van der Waals surface area contributed by atoms with Crippen molar-refractivity contribution in [1.82, 2.24) is 0 Å². The molecule has 21 nitrogen and oxygen atoms in total. The zero-order chi connectivity index (χ0) is 86.5. The van der Waals surface area contributed by atoms with Crippen LogP contribution >= 0.6 is 22.7 Å². The van der Waals surface area contributed by atoms with Gasteiger partial charge >= 0.3 is 29.6 Å². The minimum absolute atomic E-state index is 0. The van der Waals surface area contributed by atoms with Gasteiger partial charge in [0.1, 0.15) is 22.1 Å². The van der Waals surface area contributed by atoms with E-state index in [1.165, 1.54) is 292 Å². The van der Waals surface area contributed by atoms with Gasteiger partial charge in [-0.25, -0.2) is 9.69 Å². The molecule has 0 aliphatic carbocycles. The van der Waals surface area contributed by atoms with Crippen LogP contribution in [0.15, 0.2) is 56.9 Å². The summed E-state index contributed by atoms with van der Waals surface area (Å²) in [6.45, 7) is 37.6. The Morgan fingerprint density at radius 1 is 0.380 bits per heavy atom. The fourth-order valence-electron chi connectivity index (χ4n) is 14.3. The van der Waals surface area contributed by atoms with Gasteiger partial charge in [-0.1, -0.05) is 284 Å². The maximum Gasteiger partial charge on any atom is 1.00 e. The summed E-state index contributed by atoms with van der Waals surface area (Å²) in [4.78, 5) is 22.2. The van der Waals surface area contributed by atoms with E-state index in [4.69, 9.17) is 56.1 Å². The van der Waals surface area contributed by atoms with Gasteiger partial charge in [0.25, 0.3) is 0 Å². The van der Waals surface area contributed by atoms with Crippen LogP contribution in [0.3, 0.4) is 0 Å². The second kappa shape index (κ2) is 80.5. The maximum atomic E-state index is 10.4. The fraction of sp³-hybridized carbons (Fsp3) is 0.742. The Morgan fingerprint density at radius 3 is 0.868 bits per heavy atom. The molecular formula is C97H157N10NaO11S2. The molecule has 0 bridgehead atoms. The number of carbonyl (C=O) groups is 1. The summed E-state index contributed by atoms with van der Waals surface area (Å²) in [6, 6.07) is 16.8. The number of thiophene rings is 2. The van der Waals surface area contributed by atoms with Crippen LogP contribution in [0.25, 0.3) is 9.69 Å². The molecule has 0 aliphatic heterocycles. The minimum atomic E-state index is -1.12. The van der Waals surface area contributed by atoms with E-state index in [1.807, 2.05) is 26.0 Å². The van der Waals surface area contributed by atoms with Crippen LogP contribution in [-0.2, 0) is 42.7 Å². The average Bonchev–Trinajstić information content (AvgIpc) is 1.72. The number of benzene rings is 2. The van der Waals surface area contributed by atoms with Crippen molar-refractivity contribution in [2.75, 3.05) is 148 Å². The number of azo groups is 2. The van der Waals surface area contributed by atoms with E-state index < -0.39 is 5.97 Å². The van der Waals surface area contributed by atoms with E-state index in [2.05, 4.69) is 90.2 Å². The zero-order valence-corrected chi connectivity index (χ0v) is 80.1. The number of carboxylic acids is 1. The largest absolute Gasteiger partial charge is 1.00 e. The van der Waals surface area contributed by atoms with E-state index in [-0.39, 0.29) is 49.2 Å². The quantitative estimate of drug-likeness (QED) is 0.0187. The summed E-state index contributed by atoms with van der Waals surface area (Å²) in [5.41, 5.74) is 7.85. The van der Waals surface area contributed by atoms with Crippen molar-refractivity contribution < 1.29 is 82.5 Å². The molecule has 2 heterocycles. The first kappa shape index (κ1) is 112. The first-order valence-corrected chi connectivity index (χ1v) is 48.4. The number of unbranched alkanes of at least 4 members (excludes halogenated alkanes) is 42. The maximum absolute atomic E-state index is 10.4. The Balaban J connectivity index is 0.000000814. The molecule has 1 N–H and O–H groups in total. The van der Waals surface area contributed by atoms with Crippen molar-refractivity contribution in [3.05, 3.63) is 92.6 Å². The third kappa shape index (κ3) is 57.9. The summed E-state index contributed by atoms with van der Waals surface area (Å²) >= 11 is 2.40. The van der Waals surface area contributed by atoms with Gasteiger partial charge < -0.3 is 62.7 Å². The Bertz CT molecular complexity index is 3420. The second-order valence-corrected chi connectivity index (χ2v) is 33.7. The van der Waals surface area contributed by atoms with Crippen LogP contribution in [0.2, 0.25) is 0 Å². The van der Waals surface area contributed by atoms with Gasteiger partial charge in [0.05, 0.1) is 148 Å². The van der Waals surface area contributed by atoms with Crippen LogP contribution in [0.5, 0.6) is 0 Å². The molecule has 0 saturated carbocycles. The number of aryl methyl sites for hydroxylation is 2. The molecule has 0 amide bonds.